The van der Waals surface area contributed by atoms with Crippen LogP contribution in [0.4, 0.5) is 9.59 Å². The molecule has 5 rings (SSSR count). The Hall–Kier alpha value is -4.67. The Kier molecular flexibility index (Phi) is 7.29. The highest BCUT2D eigenvalue weighted by Crippen LogP contribution is 2.31. The molecule has 2 atom stereocenters. The number of pyridine rings is 1. The summed E-state index contributed by atoms with van der Waals surface area (Å²) in [6.07, 6.45) is -0.592. The number of aryl methyl sites for hydroxylation is 1. The first-order valence-electron chi connectivity index (χ1n) is 13.4. The van der Waals surface area contributed by atoms with E-state index in [0.717, 1.165) is 22.2 Å². The van der Waals surface area contributed by atoms with Crippen molar-refractivity contribution < 1.29 is 28.7 Å². The van der Waals surface area contributed by atoms with Gasteiger partial charge in [0.1, 0.15) is 23.5 Å². The smallest absolute Gasteiger partial charge is 0.410 e. The molecule has 214 valence electrons. The number of likely N-dealkylation sites (tertiary alicyclic amines) is 1. The maximum absolute atomic E-state index is 13.0. The minimum absolute atomic E-state index is 0.0541. The number of hydrogen-bond donors (Lipinski definition) is 3. The second-order valence-electron chi connectivity index (χ2n) is 11.4. The molecule has 1 aromatic heterocycles. The molecule has 0 saturated carbocycles. The molecular formula is C30H33N5O6. The fourth-order valence-corrected chi connectivity index (χ4v) is 5.22. The number of urea groups is 1. The van der Waals surface area contributed by atoms with Gasteiger partial charge in [-0.1, -0.05) is 18.2 Å². The summed E-state index contributed by atoms with van der Waals surface area (Å²) in [4.78, 5) is 56.4. The lowest BCUT2D eigenvalue weighted by Gasteiger charge is -2.27. The van der Waals surface area contributed by atoms with Crippen LogP contribution in [-0.2, 0) is 16.1 Å². The Morgan fingerprint density at radius 1 is 1.12 bits per heavy atom. The van der Waals surface area contributed by atoms with Crippen LogP contribution in [0.15, 0.2) is 54.6 Å². The molecule has 2 fully saturated rings. The largest absolute Gasteiger partial charge is 0.489 e. The summed E-state index contributed by atoms with van der Waals surface area (Å²) < 4.78 is 11.4. The lowest BCUT2D eigenvalue weighted by Crippen LogP contribution is -2.56. The second-order valence-corrected chi connectivity index (χ2v) is 11.4. The molecule has 0 aliphatic carbocycles. The summed E-state index contributed by atoms with van der Waals surface area (Å²) in [5.41, 5.74) is 1.16. The summed E-state index contributed by atoms with van der Waals surface area (Å²) in [5.74, 6) is -0.853. The maximum atomic E-state index is 13.0. The maximum Gasteiger partial charge on any atom is 0.410 e. The number of carbonyl (C=O) groups excluding carboxylic acids is 4. The first-order valence-corrected chi connectivity index (χ1v) is 13.4. The number of imide groups is 1. The molecule has 11 heteroatoms. The molecule has 0 unspecified atom stereocenters. The molecule has 3 N–H and O–H groups in total. The van der Waals surface area contributed by atoms with Gasteiger partial charge >= 0.3 is 12.1 Å². The minimum Gasteiger partial charge on any atom is -0.489 e. The zero-order valence-corrected chi connectivity index (χ0v) is 23.4. The van der Waals surface area contributed by atoms with Crippen molar-refractivity contribution in [3.63, 3.8) is 0 Å². The van der Waals surface area contributed by atoms with Crippen LogP contribution in [0, 0.1) is 12.8 Å². The van der Waals surface area contributed by atoms with Gasteiger partial charge < -0.3 is 25.0 Å². The molecule has 0 radical (unpaired) electrons. The van der Waals surface area contributed by atoms with E-state index in [0.29, 0.717) is 17.9 Å². The number of aromatic nitrogens is 1. The lowest BCUT2D eigenvalue weighted by atomic mass is 9.87. The summed E-state index contributed by atoms with van der Waals surface area (Å²) in [7, 11) is 0. The summed E-state index contributed by atoms with van der Waals surface area (Å²) in [6.45, 7) is 7.65. The number of para-hydroxylation sites is 1. The van der Waals surface area contributed by atoms with Gasteiger partial charge in [-0.3, -0.25) is 19.9 Å². The molecule has 2 aliphatic heterocycles. The van der Waals surface area contributed by atoms with E-state index in [2.05, 4.69) is 20.9 Å². The third-order valence-corrected chi connectivity index (χ3v) is 7.15. The van der Waals surface area contributed by atoms with E-state index in [-0.39, 0.29) is 25.5 Å². The standard InChI is InChI=1S/C30H33N5O6/c1-18-13-20(23-7-5-6-8-24(23)32-18)16-40-22-11-9-19(10-12-22)25(36)31-14-21-15-35(28(39)41-29(2,3)4)17-30(21)26(37)33-27(38)34-30/h5-13,21H,14-17H2,1-4H3,(H,31,36)(H2,33,34,37,38)/t21-,30-/m0/s1. The van der Waals surface area contributed by atoms with Gasteiger partial charge in [0.2, 0.25) is 0 Å². The van der Waals surface area contributed by atoms with Crippen LogP contribution >= 0.6 is 0 Å². The predicted octanol–water partition coefficient (Wildman–Crippen LogP) is 3.30. The van der Waals surface area contributed by atoms with E-state index in [1.807, 2.05) is 37.3 Å². The van der Waals surface area contributed by atoms with Gasteiger partial charge in [-0.15, -0.1) is 0 Å². The fraction of sp³-hybridized carbons (Fsp3) is 0.367. The van der Waals surface area contributed by atoms with Crippen molar-refractivity contribution in [1.82, 2.24) is 25.8 Å². The van der Waals surface area contributed by atoms with Gasteiger partial charge in [0.05, 0.1) is 12.1 Å². The van der Waals surface area contributed by atoms with Crippen molar-refractivity contribution in [2.75, 3.05) is 19.6 Å². The predicted molar refractivity (Wildman–Crippen MR) is 150 cm³/mol. The topological polar surface area (TPSA) is 139 Å². The number of amides is 5. The molecule has 0 bridgehead atoms. The number of benzene rings is 2. The Bertz CT molecular complexity index is 1520. The molecule has 2 saturated heterocycles. The van der Waals surface area contributed by atoms with E-state index in [4.69, 9.17) is 9.47 Å². The monoisotopic (exact) mass is 559 g/mol. The molecule has 5 amide bonds. The van der Waals surface area contributed by atoms with Crippen LogP contribution < -0.4 is 20.7 Å². The van der Waals surface area contributed by atoms with Crippen molar-refractivity contribution >= 4 is 34.8 Å². The van der Waals surface area contributed by atoms with Gasteiger partial charge in [0, 0.05) is 41.2 Å². The zero-order valence-electron chi connectivity index (χ0n) is 23.4. The van der Waals surface area contributed by atoms with Crippen LogP contribution in [0.3, 0.4) is 0 Å². The Morgan fingerprint density at radius 2 is 1.85 bits per heavy atom. The number of rotatable bonds is 6. The van der Waals surface area contributed by atoms with E-state index in [9.17, 15) is 19.2 Å². The van der Waals surface area contributed by atoms with Crippen LogP contribution in [0.2, 0.25) is 0 Å². The van der Waals surface area contributed by atoms with Crippen LogP contribution in [-0.4, -0.2) is 64.6 Å². The molecule has 2 aliphatic rings. The third kappa shape index (κ3) is 5.93. The van der Waals surface area contributed by atoms with Gasteiger partial charge in [0.15, 0.2) is 0 Å². The van der Waals surface area contributed by atoms with Crippen molar-refractivity contribution in [2.24, 2.45) is 5.92 Å². The highest BCUT2D eigenvalue weighted by Gasteiger charge is 2.58. The SMILES string of the molecule is Cc1cc(COc2ccc(C(=O)NC[C@H]3CN(C(=O)OC(C)(C)C)C[C@]34NC(=O)NC4=O)cc2)c2ccccc2n1. The van der Waals surface area contributed by atoms with E-state index >= 15 is 0 Å². The fourth-order valence-electron chi connectivity index (χ4n) is 5.22. The minimum atomic E-state index is -1.35. The summed E-state index contributed by atoms with van der Waals surface area (Å²) >= 11 is 0. The average Bonchev–Trinajstić information content (AvgIpc) is 3.43. The normalized spacial score (nSPS) is 20.2. The van der Waals surface area contributed by atoms with Crippen molar-refractivity contribution in [3.8, 4) is 5.75 Å². The number of hydrogen-bond acceptors (Lipinski definition) is 7. The van der Waals surface area contributed by atoms with Crippen LogP contribution in [0.1, 0.15) is 42.4 Å². The molecule has 41 heavy (non-hydrogen) atoms. The van der Waals surface area contributed by atoms with Gasteiger partial charge in [-0.05, 0) is 64.1 Å². The van der Waals surface area contributed by atoms with Gasteiger partial charge in [-0.2, -0.15) is 0 Å². The summed E-state index contributed by atoms with van der Waals surface area (Å²) in [6, 6.07) is 16.0. The van der Waals surface area contributed by atoms with Crippen LogP contribution in [0.25, 0.3) is 10.9 Å². The number of carbonyl (C=O) groups is 4. The lowest BCUT2D eigenvalue weighted by molar-refractivity contribution is -0.124. The van der Waals surface area contributed by atoms with Crippen LogP contribution in [0.5, 0.6) is 5.75 Å². The number of ether oxygens (including phenoxy) is 2. The van der Waals surface area contributed by atoms with E-state index in [1.165, 1.54) is 4.90 Å². The first-order chi connectivity index (χ1) is 19.4. The molecule has 3 aromatic rings. The molecule has 11 nitrogen and oxygen atoms in total. The highest BCUT2D eigenvalue weighted by molar-refractivity contribution is 6.08. The molecular weight excluding hydrogens is 526 g/mol. The number of nitrogens with zero attached hydrogens (tertiary/aromatic N) is 2. The quantitative estimate of drug-likeness (QED) is 0.394. The van der Waals surface area contributed by atoms with Crippen molar-refractivity contribution in [3.05, 3.63) is 71.4 Å². The third-order valence-electron chi connectivity index (χ3n) is 7.15. The van der Waals surface area contributed by atoms with Crippen molar-refractivity contribution in [2.45, 2.75) is 45.4 Å². The zero-order chi connectivity index (χ0) is 29.4. The van der Waals surface area contributed by atoms with Gasteiger partial charge in [0.25, 0.3) is 11.8 Å². The van der Waals surface area contributed by atoms with Gasteiger partial charge in [-0.25, -0.2) is 9.59 Å². The Morgan fingerprint density at radius 3 is 2.54 bits per heavy atom. The number of fused-ring (bicyclic) bond motifs is 1. The second kappa shape index (κ2) is 10.7. The van der Waals surface area contributed by atoms with E-state index in [1.54, 1.807) is 45.0 Å². The number of nitrogens with one attached hydrogen (secondary N) is 3. The Labute approximate surface area is 237 Å². The molecule has 2 aromatic carbocycles. The average molecular weight is 560 g/mol. The molecule has 3 heterocycles. The highest BCUT2D eigenvalue weighted by atomic mass is 16.6. The molecule has 1 spiro atoms. The first kappa shape index (κ1) is 27.9. The Balaban J connectivity index is 1.22. The van der Waals surface area contributed by atoms with E-state index < -0.39 is 35.1 Å². The van der Waals surface area contributed by atoms with Crippen molar-refractivity contribution in [1.29, 1.82) is 0 Å². The summed E-state index contributed by atoms with van der Waals surface area (Å²) in [5, 5.41) is 8.79.